The van der Waals surface area contributed by atoms with Gasteiger partial charge in [0.05, 0.1) is 12.1 Å². The molecule has 0 spiro atoms. The molecule has 0 fully saturated rings. The summed E-state index contributed by atoms with van der Waals surface area (Å²) in [6.07, 6.45) is 0.816. The van der Waals surface area contributed by atoms with Gasteiger partial charge in [-0.2, -0.15) is 0 Å². The second-order valence-electron chi connectivity index (χ2n) is 3.46. The Morgan fingerprint density at radius 2 is 1.94 bits per heavy atom. The summed E-state index contributed by atoms with van der Waals surface area (Å²) < 4.78 is 0. The maximum absolute atomic E-state index is 11.9. The lowest BCUT2D eigenvalue weighted by molar-refractivity contribution is -0.121. The predicted octanol–water partition coefficient (Wildman–Crippen LogP) is 2.48. The normalized spacial score (nSPS) is 9.88. The van der Waals surface area contributed by atoms with Crippen LogP contribution in [0.5, 0.6) is 0 Å². The molecule has 0 bridgehead atoms. The number of nitrogens with zero attached hydrogens (tertiary/aromatic N) is 1. The molecular weight excluding hydrogens is 234 g/mol. The quantitative estimate of drug-likeness (QED) is 0.776. The fourth-order valence-electron chi connectivity index (χ4n) is 1.50. The summed E-state index contributed by atoms with van der Waals surface area (Å²) in [6, 6.07) is 12.7. The number of hydrogen-bond acceptors (Lipinski definition) is 3. The van der Waals surface area contributed by atoms with Gasteiger partial charge in [-0.15, -0.1) is 11.3 Å². The molecule has 2 amide bonds. The molecular formula is C13H11NO2S. The largest absolute Gasteiger partial charge is 0.278 e. The highest BCUT2D eigenvalue weighted by atomic mass is 32.1. The first-order chi connectivity index (χ1) is 8.31. The van der Waals surface area contributed by atoms with E-state index >= 15 is 0 Å². The number of imide groups is 1. The molecule has 0 aliphatic heterocycles. The van der Waals surface area contributed by atoms with Crippen molar-refractivity contribution in [3.05, 3.63) is 52.7 Å². The Bertz CT molecular complexity index is 493. The molecule has 0 N–H and O–H groups in total. The van der Waals surface area contributed by atoms with Gasteiger partial charge in [0.15, 0.2) is 0 Å². The van der Waals surface area contributed by atoms with Crippen molar-refractivity contribution in [1.82, 2.24) is 0 Å². The van der Waals surface area contributed by atoms with Gasteiger partial charge in [-0.05, 0) is 23.6 Å². The first-order valence-electron chi connectivity index (χ1n) is 5.16. The van der Waals surface area contributed by atoms with E-state index in [-0.39, 0.29) is 12.3 Å². The molecule has 86 valence electrons. The zero-order chi connectivity index (χ0) is 12.1. The molecule has 1 aromatic heterocycles. The number of thiophene rings is 1. The first-order valence-corrected chi connectivity index (χ1v) is 6.04. The van der Waals surface area contributed by atoms with Crippen molar-refractivity contribution in [2.75, 3.05) is 4.90 Å². The number of hydrogen-bond donors (Lipinski definition) is 0. The summed E-state index contributed by atoms with van der Waals surface area (Å²) in [6.45, 7) is 0. The van der Waals surface area contributed by atoms with Crippen molar-refractivity contribution in [1.29, 1.82) is 0 Å². The Labute approximate surface area is 103 Å². The smallest absolute Gasteiger partial charge is 0.238 e. The third kappa shape index (κ3) is 2.79. The van der Waals surface area contributed by atoms with E-state index in [4.69, 9.17) is 0 Å². The van der Waals surface area contributed by atoms with E-state index in [0.717, 1.165) is 9.78 Å². The molecule has 0 saturated carbocycles. The molecule has 2 aromatic rings. The fraction of sp³-hybridized carbons (Fsp3) is 0.0769. The van der Waals surface area contributed by atoms with Crippen LogP contribution in [0.1, 0.15) is 4.88 Å². The minimum absolute atomic E-state index is 0.214. The van der Waals surface area contributed by atoms with Crippen LogP contribution in [-0.2, 0) is 16.0 Å². The average molecular weight is 245 g/mol. The van der Waals surface area contributed by atoms with Gasteiger partial charge in [0.2, 0.25) is 12.3 Å². The van der Waals surface area contributed by atoms with Crippen LogP contribution in [0.25, 0.3) is 0 Å². The van der Waals surface area contributed by atoms with Crippen LogP contribution in [-0.4, -0.2) is 12.3 Å². The van der Waals surface area contributed by atoms with Crippen molar-refractivity contribution in [3.63, 3.8) is 0 Å². The average Bonchev–Trinajstić information content (AvgIpc) is 2.84. The highest BCUT2D eigenvalue weighted by Crippen LogP contribution is 2.15. The summed E-state index contributed by atoms with van der Waals surface area (Å²) in [5.41, 5.74) is 0.601. The standard InChI is InChI=1S/C13H11NO2S/c15-10-14(11-5-2-1-3-6-11)13(16)9-12-7-4-8-17-12/h1-8,10H,9H2. The first kappa shape index (κ1) is 11.5. The number of amides is 2. The molecule has 4 heteroatoms. The molecule has 0 radical (unpaired) electrons. The van der Waals surface area contributed by atoms with Gasteiger partial charge < -0.3 is 0 Å². The molecule has 0 unspecified atom stereocenters. The van der Waals surface area contributed by atoms with Crippen LogP contribution in [0.15, 0.2) is 47.8 Å². The minimum Gasteiger partial charge on any atom is -0.278 e. The Morgan fingerprint density at radius 1 is 1.18 bits per heavy atom. The maximum Gasteiger partial charge on any atom is 0.238 e. The molecule has 0 aliphatic carbocycles. The summed E-state index contributed by atoms with van der Waals surface area (Å²) in [4.78, 5) is 25.0. The summed E-state index contributed by atoms with van der Waals surface area (Å²) in [7, 11) is 0. The summed E-state index contributed by atoms with van der Waals surface area (Å²) in [5, 5.41) is 1.91. The lowest BCUT2D eigenvalue weighted by Gasteiger charge is -2.14. The number of rotatable bonds is 4. The van der Waals surface area contributed by atoms with E-state index in [0.29, 0.717) is 12.1 Å². The maximum atomic E-state index is 11.9. The monoisotopic (exact) mass is 245 g/mol. The lowest BCUT2D eigenvalue weighted by Crippen LogP contribution is -2.30. The molecule has 0 saturated heterocycles. The molecule has 1 heterocycles. The van der Waals surface area contributed by atoms with E-state index < -0.39 is 0 Å². The van der Waals surface area contributed by atoms with Gasteiger partial charge >= 0.3 is 0 Å². The second-order valence-corrected chi connectivity index (χ2v) is 4.49. The van der Waals surface area contributed by atoms with Gasteiger partial charge in [0, 0.05) is 4.88 Å². The number of anilines is 1. The SMILES string of the molecule is O=CN(C(=O)Cc1cccs1)c1ccccc1. The Morgan fingerprint density at radius 3 is 2.53 bits per heavy atom. The molecule has 2 rings (SSSR count). The van der Waals surface area contributed by atoms with Gasteiger partial charge in [-0.3, -0.25) is 14.5 Å². The molecule has 1 aromatic carbocycles. The highest BCUT2D eigenvalue weighted by molar-refractivity contribution is 7.10. The van der Waals surface area contributed by atoms with Crippen LogP contribution < -0.4 is 4.90 Å². The zero-order valence-corrected chi connectivity index (χ0v) is 9.89. The van der Waals surface area contributed by atoms with Crippen molar-refractivity contribution >= 4 is 29.3 Å². The van der Waals surface area contributed by atoms with Crippen LogP contribution >= 0.6 is 11.3 Å². The summed E-state index contributed by atoms with van der Waals surface area (Å²) in [5.74, 6) is -0.214. The van der Waals surface area contributed by atoms with E-state index in [2.05, 4.69) is 0 Å². The van der Waals surface area contributed by atoms with Crippen molar-refractivity contribution in [3.8, 4) is 0 Å². The predicted molar refractivity (Wildman–Crippen MR) is 68.0 cm³/mol. The van der Waals surface area contributed by atoms with Gasteiger partial charge in [0.1, 0.15) is 0 Å². The number of carbonyl (C=O) groups excluding carboxylic acids is 2. The lowest BCUT2D eigenvalue weighted by atomic mass is 10.2. The third-order valence-corrected chi connectivity index (χ3v) is 3.19. The third-order valence-electron chi connectivity index (χ3n) is 2.31. The fourth-order valence-corrected chi connectivity index (χ4v) is 2.20. The number of benzene rings is 1. The van der Waals surface area contributed by atoms with Crippen LogP contribution in [0, 0.1) is 0 Å². The number of para-hydroxylation sites is 1. The van der Waals surface area contributed by atoms with Gasteiger partial charge in [0.25, 0.3) is 0 Å². The zero-order valence-electron chi connectivity index (χ0n) is 9.08. The van der Waals surface area contributed by atoms with Crippen LogP contribution in [0.4, 0.5) is 5.69 Å². The Hall–Kier alpha value is -1.94. The van der Waals surface area contributed by atoms with Crippen LogP contribution in [0.3, 0.4) is 0 Å². The van der Waals surface area contributed by atoms with E-state index in [1.54, 1.807) is 24.3 Å². The second kappa shape index (κ2) is 5.41. The minimum atomic E-state index is -0.214. The van der Waals surface area contributed by atoms with Crippen LogP contribution in [0.2, 0.25) is 0 Å². The van der Waals surface area contributed by atoms with E-state index in [9.17, 15) is 9.59 Å². The summed E-state index contributed by atoms with van der Waals surface area (Å²) >= 11 is 1.51. The van der Waals surface area contributed by atoms with Crippen molar-refractivity contribution in [2.24, 2.45) is 0 Å². The Kier molecular flexibility index (Phi) is 3.67. The van der Waals surface area contributed by atoms with E-state index in [1.807, 2.05) is 23.6 Å². The van der Waals surface area contributed by atoms with E-state index in [1.165, 1.54) is 11.3 Å². The topological polar surface area (TPSA) is 37.4 Å². The molecule has 0 aliphatic rings. The van der Waals surface area contributed by atoms with Crippen molar-refractivity contribution in [2.45, 2.75) is 6.42 Å². The molecule has 17 heavy (non-hydrogen) atoms. The molecule has 0 atom stereocenters. The molecule has 3 nitrogen and oxygen atoms in total. The van der Waals surface area contributed by atoms with Crippen molar-refractivity contribution < 1.29 is 9.59 Å². The van der Waals surface area contributed by atoms with Gasteiger partial charge in [-0.25, -0.2) is 0 Å². The van der Waals surface area contributed by atoms with Gasteiger partial charge in [-0.1, -0.05) is 24.3 Å². The highest BCUT2D eigenvalue weighted by Gasteiger charge is 2.15. The Balaban J connectivity index is 2.14. The number of carbonyl (C=O) groups is 2.